The number of ether oxygens (including phenoxy) is 1. The molecular weight excluding hydrogens is 292 g/mol. The lowest BCUT2D eigenvalue weighted by atomic mass is 10.1. The number of hydrogen-bond acceptors (Lipinski definition) is 3. The highest BCUT2D eigenvalue weighted by atomic mass is 16.5. The van der Waals surface area contributed by atoms with Crippen molar-refractivity contribution in [2.75, 3.05) is 13.7 Å². The van der Waals surface area contributed by atoms with Crippen molar-refractivity contribution in [3.63, 3.8) is 0 Å². The molecule has 0 bridgehead atoms. The number of amides is 2. The van der Waals surface area contributed by atoms with Crippen LogP contribution in [0, 0.1) is 5.92 Å². The van der Waals surface area contributed by atoms with Gasteiger partial charge in [0.1, 0.15) is 5.75 Å². The molecule has 1 aromatic carbocycles. The summed E-state index contributed by atoms with van der Waals surface area (Å²) in [4.78, 5) is 26.5. The fourth-order valence-electron chi connectivity index (χ4n) is 3.59. The van der Waals surface area contributed by atoms with Crippen molar-refractivity contribution in [3.05, 3.63) is 29.8 Å². The van der Waals surface area contributed by atoms with E-state index in [1.807, 2.05) is 29.2 Å². The predicted octanol–water partition coefficient (Wildman–Crippen LogP) is 2.10. The van der Waals surface area contributed by atoms with Gasteiger partial charge in [-0.25, -0.2) is 0 Å². The second-order valence-corrected chi connectivity index (χ2v) is 6.45. The van der Waals surface area contributed by atoms with Crippen LogP contribution in [-0.2, 0) is 16.1 Å². The Morgan fingerprint density at radius 3 is 2.87 bits per heavy atom. The standard InChI is InChI=1S/C18H24N2O3/c1-23-16-8-4-5-13(9-16)11-19-18(22)14-10-17(21)20(12-14)15-6-2-3-7-15/h4-5,8-9,14-15H,2-3,6-7,10-12H2,1H3,(H,19,22)/t14-/m1/s1. The van der Waals surface area contributed by atoms with E-state index < -0.39 is 0 Å². The average molecular weight is 316 g/mol. The zero-order valence-corrected chi connectivity index (χ0v) is 13.6. The summed E-state index contributed by atoms with van der Waals surface area (Å²) < 4.78 is 5.18. The van der Waals surface area contributed by atoms with Gasteiger partial charge in [0.2, 0.25) is 11.8 Å². The normalized spacial score (nSPS) is 21.7. The highest BCUT2D eigenvalue weighted by molar-refractivity contribution is 5.89. The first-order valence-corrected chi connectivity index (χ1v) is 8.37. The monoisotopic (exact) mass is 316 g/mol. The summed E-state index contributed by atoms with van der Waals surface area (Å²) in [6.07, 6.45) is 4.91. The number of nitrogens with zero attached hydrogens (tertiary/aromatic N) is 1. The van der Waals surface area contributed by atoms with Gasteiger partial charge in [0.15, 0.2) is 0 Å². The summed E-state index contributed by atoms with van der Waals surface area (Å²) in [7, 11) is 1.62. The molecule has 5 nitrogen and oxygen atoms in total. The van der Waals surface area contributed by atoms with Gasteiger partial charge in [-0.15, -0.1) is 0 Å². The molecule has 1 saturated heterocycles. The fourth-order valence-corrected chi connectivity index (χ4v) is 3.59. The molecular formula is C18H24N2O3. The van der Waals surface area contributed by atoms with Crippen LogP contribution in [0.3, 0.4) is 0 Å². The smallest absolute Gasteiger partial charge is 0.225 e. The molecule has 1 saturated carbocycles. The van der Waals surface area contributed by atoms with E-state index in [0.29, 0.717) is 25.6 Å². The lowest BCUT2D eigenvalue weighted by molar-refractivity contribution is -0.130. The molecule has 0 unspecified atom stereocenters. The van der Waals surface area contributed by atoms with Crippen LogP contribution in [0.25, 0.3) is 0 Å². The van der Waals surface area contributed by atoms with Crippen molar-refractivity contribution in [1.82, 2.24) is 10.2 Å². The van der Waals surface area contributed by atoms with Gasteiger partial charge in [0, 0.05) is 25.6 Å². The molecule has 0 aromatic heterocycles. The van der Waals surface area contributed by atoms with Crippen LogP contribution < -0.4 is 10.1 Å². The lowest BCUT2D eigenvalue weighted by Gasteiger charge is -2.23. The Morgan fingerprint density at radius 2 is 2.13 bits per heavy atom. The fraction of sp³-hybridized carbons (Fsp3) is 0.556. The van der Waals surface area contributed by atoms with Crippen LogP contribution in [0.4, 0.5) is 0 Å². The van der Waals surface area contributed by atoms with Gasteiger partial charge < -0.3 is 15.0 Å². The third-order valence-corrected chi connectivity index (χ3v) is 4.90. The number of carbonyl (C=O) groups excluding carboxylic acids is 2. The summed E-state index contributed by atoms with van der Waals surface area (Å²) in [5.41, 5.74) is 0.995. The van der Waals surface area contributed by atoms with Gasteiger partial charge in [0.25, 0.3) is 0 Å². The first kappa shape index (κ1) is 15.8. The zero-order chi connectivity index (χ0) is 16.2. The number of rotatable bonds is 5. The molecule has 2 aliphatic rings. The SMILES string of the molecule is COc1cccc(CNC(=O)[C@@H]2CC(=O)N(C3CCCC3)C2)c1. The van der Waals surface area contributed by atoms with E-state index in [9.17, 15) is 9.59 Å². The topological polar surface area (TPSA) is 58.6 Å². The predicted molar refractivity (Wildman–Crippen MR) is 86.9 cm³/mol. The number of benzene rings is 1. The number of nitrogens with one attached hydrogen (secondary N) is 1. The number of methoxy groups -OCH3 is 1. The summed E-state index contributed by atoms with van der Waals surface area (Å²) in [6.45, 7) is 1.04. The van der Waals surface area contributed by atoms with E-state index in [0.717, 1.165) is 24.2 Å². The van der Waals surface area contributed by atoms with E-state index in [1.165, 1.54) is 12.8 Å². The molecule has 1 heterocycles. The molecule has 2 amide bonds. The number of likely N-dealkylation sites (tertiary alicyclic amines) is 1. The second kappa shape index (κ2) is 7.02. The van der Waals surface area contributed by atoms with Gasteiger partial charge in [-0.05, 0) is 30.5 Å². The third-order valence-electron chi connectivity index (χ3n) is 4.90. The Kier molecular flexibility index (Phi) is 4.84. The maximum absolute atomic E-state index is 12.4. The molecule has 23 heavy (non-hydrogen) atoms. The van der Waals surface area contributed by atoms with Crippen molar-refractivity contribution in [2.45, 2.75) is 44.7 Å². The van der Waals surface area contributed by atoms with Crippen LogP contribution in [0.2, 0.25) is 0 Å². The number of carbonyl (C=O) groups is 2. The summed E-state index contributed by atoms with van der Waals surface area (Å²) in [5.74, 6) is 0.675. The molecule has 1 atom stereocenters. The first-order valence-electron chi connectivity index (χ1n) is 8.37. The van der Waals surface area contributed by atoms with Crippen molar-refractivity contribution in [1.29, 1.82) is 0 Å². The van der Waals surface area contributed by atoms with Crippen LogP contribution in [0.5, 0.6) is 5.75 Å². The molecule has 2 fully saturated rings. The quantitative estimate of drug-likeness (QED) is 0.905. The van der Waals surface area contributed by atoms with Crippen molar-refractivity contribution in [3.8, 4) is 5.75 Å². The molecule has 1 N–H and O–H groups in total. The van der Waals surface area contributed by atoms with E-state index >= 15 is 0 Å². The van der Waals surface area contributed by atoms with Crippen LogP contribution in [0.1, 0.15) is 37.7 Å². The van der Waals surface area contributed by atoms with Crippen LogP contribution in [-0.4, -0.2) is 36.4 Å². The van der Waals surface area contributed by atoms with E-state index in [-0.39, 0.29) is 17.7 Å². The Labute approximate surface area is 137 Å². The second-order valence-electron chi connectivity index (χ2n) is 6.45. The van der Waals surface area contributed by atoms with E-state index in [1.54, 1.807) is 7.11 Å². The molecule has 1 aromatic rings. The van der Waals surface area contributed by atoms with Gasteiger partial charge in [0.05, 0.1) is 13.0 Å². The largest absolute Gasteiger partial charge is 0.497 e. The molecule has 124 valence electrons. The molecule has 0 spiro atoms. The van der Waals surface area contributed by atoms with Crippen LogP contribution in [0.15, 0.2) is 24.3 Å². The minimum atomic E-state index is -0.214. The Bertz CT molecular complexity index is 581. The molecule has 1 aliphatic heterocycles. The van der Waals surface area contributed by atoms with Crippen molar-refractivity contribution in [2.24, 2.45) is 5.92 Å². The Hall–Kier alpha value is -2.04. The molecule has 5 heteroatoms. The highest BCUT2D eigenvalue weighted by Gasteiger charge is 2.38. The molecule has 1 aliphatic carbocycles. The van der Waals surface area contributed by atoms with Crippen LogP contribution >= 0.6 is 0 Å². The molecule has 0 radical (unpaired) electrons. The minimum absolute atomic E-state index is 0.0262. The Morgan fingerprint density at radius 1 is 1.35 bits per heavy atom. The summed E-state index contributed by atoms with van der Waals surface area (Å²) >= 11 is 0. The number of hydrogen-bond donors (Lipinski definition) is 1. The Balaban J connectivity index is 1.53. The minimum Gasteiger partial charge on any atom is -0.497 e. The van der Waals surface area contributed by atoms with Crippen molar-refractivity contribution < 1.29 is 14.3 Å². The van der Waals surface area contributed by atoms with Gasteiger partial charge in [-0.2, -0.15) is 0 Å². The van der Waals surface area contributed by atoms with Gasteiger partial charge in [-0.3, -0.25) is 9.59 Å². The van der Waals surface area contributed by atoms with E-state index in [4.69, 9.17) is 4.74 Å². The maximum atomic E-state index is 12.4. The summed E-state index contributed by atoms with van der Waals surface area (Å²) in [6, 6.07) is 8.00. The summed E-state index contributed by atoms with van der Waals surface area (Å²) in [5, 5.41) is 2.95. The third kappa shape index (κ3) is 3.66. The maximum Gasteiger partial charge on any atom is 0.225 e. The lowest BCUT2D eigenvalue weighted by Crippen LogP contribution is -2.36. The van der Waals surface area contributed by atoms with Gasteiger partial charge >= 0.3 is 0 Å². The zero-order valence-electron chi connectivity index (χ0n) is 13.6. The first-order chi connectivity index (χ1) is 11.2. The van der Waals surface area contributed by atoms with E-state index in [2.05, 4.69) is 5.32 Å². The average Bonchev–Trinajstić information content (AvgIpc) is 3.22. The van der Waals surface area contributed by atoms with Gasteiger partial charge in [-0.1, -0.05) is 25.0 Å². The van der Waals surface area contributed by atoms with Crippen molar-refractivity contribution >= 4 is 11.8 Å². The molecule has 3 rings (SSSR count). The highest BCUT2D eigenvalue weighted by Crippen LogP contribution is 2.29.